The molecule has 1 aliphatic rings. The summed E-state index contributed by atoms with van der Waals surface area (Å²) in [5.41, 5.74) is 0.956. The molecule has 1 heterocycles. The minimum Gasteiger partial charge on any atom is -0.481 e. The van der Waals surface area contributed by atoms with Crippen molar-refractivity contribution < 1.29 is 19.5 Å². The maximum absolute atomic E-state index is 13.3. The van der Waals surface area contributed by atoms with E-state index >= 15 is 0 Å². The highest BCUT2D eigenvalue weighted by molar-refractivity contribution is 8.26. The van der Waals surface area contributed by atoms with E-state index in [9.17, 15) is 14.4 Å². The predicted molar refractivity (Wildman–Crippen MR) is 145 cm³/mol. The second-order valence-electron chi connectivity index (χ2n) is 8.46. The molecular weight excluding hydrogens is 480 g/mol. The molecule has 1 fully saturated rings. The molecule has 0 saturated carbocycles. The number of hydrogen-bond acceptors (Lipinski definition) is 5. The van der Waals surface area contributed by atoms with Gasteiger partial charge >= 0.3 is 5.97 Å². The summed E-state index contributed by atoms with van der Waals surface area (Å²) in [4.78, 5) is 38.5. The molecule has 1 aliphatic heterocycles. The third-order valence-electron chi connectivity index (χ3n) is 6.05. The van der Waals surface area contributed by atoms with Gasteiger partial charge in [-0.2, -0.15) is 0 Å². The second kappa shape index (κ2) is 11.0. The molecule has 6 nitrogen and oxygen atoms in total. The largest absolute Gasteiger partial charge is 0.481 e. The first kappa shape index (κ1) is 24.9. The van der Waals surface area contributed by atoms with Crippen LogP contribution in [-0.4, -0.2) is 44.7 Å². The second-order valence-corrected chi connectivity index (χ2v) is 10.1. The molecule has 180 valence electrons. The van der Waals surface area contributed by atoms with Gasteiger partial charge in [0.15, 0.2) is 0 Å². The molecular formula is C27H26N2O4S2. The lowest BCUT2D eigenvalue weighted by molar-refractivity contribution is -0.137. The summed E-state index contributed by atoms with van der Waals surface area (Å²) in [5.74, 6) is -1.38. The third-order valence-corrected chi connectivity index (χ3v) is 7.38. The molecule has 0 spiro atoms. The fourth-order valence-electron chi connectivity index (χ4n) is 4.20. The van der Waals surface area contributed by atoms with Gasteiger partial charge in [-0.15, -0.1) is 0 Å². The fraction of sp³-hybridized carbons (Fsp3) is 0.259. The quantitative estimate of drug-likeness (QED) is 0.176. The van der Waals surface area contributed by atoms with Crippen molar-refractivity contribution in [2.75, 3.05) is 6.54 Å². The van der Waals surface area contributed by atoms with Crippen molar-refractivity contribution in [2.45, 2.75) is 38.6 Å². The molecule has 0 bridgehead atoms. The number of carboxylic acids is 1. The van der Waals surface area contributed by atoms with Crippen LogP contribution >= 0.6 is 24.0 Å². The molecule has 8 heteroatoms. The van der Waals surface area contributed by atoms with E-state index in [0.717, 1.165) is 27.1 Å². The molecule has 1 saturated heterocycles. The topological polar surface area (TPSA) is 86.7 Å². The number of carbonyl (C=O) groups is 3. The zero-order valence-corrected chi connectivity index (χ0v) is 21.0. The number of carbonyl (C=O) groups excluding carboxylic acids is 2. The van der Waals surface area contributed by atoms with Crippen molar-refractivity contribution in [3.05, 3.63) is 65.1 Å². The maximum Gasteiger partial charge on any atom is 0.303 e. The Morgan fingerprint density at radius 3 is 2.31 bits per heavy atom. The van der Waals surface area contributed by atoms with E-state index in [1.165, 1.54) is 16.7 Å². The molecule has 2 amide bonds. The molecule has 1 unspecified atom stereocenters. The smallest absolute Gasteiger partial charge is 0.303 e. The van der Waals surface area contributed by atoms with Crippen LogP contribution in [-0.2, 0) is 14.4 Å². The van der Waals surface area contributed by atoms with Gasteiger partial charge in [-0.1, -0.05) is 78.9 Å². The normalized spacial score (nSPS) is 15.8. The van der Waals surface area contributed by atoms with E-state index < -0.39 is 12.0 Å². The number of thioether (sulfide) groups is 1. The summed E-state index contributed by atoms with van der Waals surface area (Å²) in [6.45, 7) is 2.09. The van der Waals surface area contributed by atoms with Crippen LogP contribution in [0.1, 0.15) is 38.2 Å². The highest BCUT2D eigenvalue weighted by atomic mass is 32.2. The summed E-state index contributed by atoms with van der Waals surface area (Å²) in [7, 11) is 0. The van der Waals surface area contributed by atoms with Gasteiger partial charge in [0.05, 0.1) is 4.91 Å². The minimum atomic E-state index is -0.818. The van der Waals surface area contributed by atoms with E-state index in [0.29, 0.717) is 35.0 Å². The Balaban J connectivity index is 1.52. The average molecular weight is 507 g/mol. The summed E-state index contributed by atoms with van der Waals surface area (Å²) >= 11 is 6.69. The molecule has 3 aromatic carbocycles. The van der Waals surface area contributed by atoms with Crippen molar-refractivity contribution in [1.82, 2.24) is 10.2 Å². The average Bonchev–Trinajstić information content (AvgIpc) is 3.12. The Bertz CT molecular complexity index is 1300. The number of thiocarbonyl (C=S) groups is 1. The summed E-state index contributed by atoms with van der Waals surface area (Å²) < 4.78 is 0.356. The fourth-order valence-corrected chi connectivity index (χ4v) is 5.60. The standard InChI is InChI=1S/C27H26N2O4S2/c1-17(25(32)28-14-8-2-3-13-24(30)31)29-26(33)23(35-27(29)34)16-22-20-11-6-4-9-18(20)15-19-10-5-7-12-21(19)22/h4-7,9-12,15-17H,2-3,8,13-14H2,1H3,(H,28,32)(H,30,31)/b23-16-. The molecule has 4 rings (SSSR count). The molecule has 35 heavy (non-hydrogen) atoms. The Hall–Kier alpha value is -3.23. The van der Waals surface area contributed by atoms with Crippen LogP contribution in [0, 0.1) is 0 Å². The van der Waals surface area contributed by atoms with Crippen LogP contribution in [0.15, 0.2) is 59.5 Å². The number of nitrogens with zero attached hydrogens (tertiary/aromatic N) is 1. The van der Waals surface area contributed by atoms with Crippen LogP contribution in [0.3, 0.4) is 0 Å². The van der Waals surface area contributed by atoms with E-state index in [1.807, 2.05) is 42.5 Å². The lowest BCUT2D eigenvalue weighted by Crippen LogP contribution is -2.47. The van der Waals surface area contributed by atoms with Gasteiger partial charge in [0.2, 0.25) is 5.91 Å². The van der Waals surface area contributed by atoms with Crippen molar-refractivity contribution >= 4 is 73.7 Å². The summed E-state index contributed by atoms with van der Waals surface area (Å²) in [6, 6.07) is 17.5. The molecule has 0 aliphatic carbocycles. The van der Waals surface area contributed by atoms with Crippen LogP contribution in [0.4, 0.5) is 0 Å². The SMILES string of the molecule is CC(C(=O)NCCCCCC(=O)O)N1C(=O)/C(=C/c2c3ccccc3cc3ccccc23)SC1=S. The zero-order chi connectivity index (χ0) is 24.9. The molecule has 3 aromatic rings. The monoisotopic (exact) mass is 506 g/mol. The van der Waals surface area contributed by atoms with Crippen LogP contribution < -0.4 is 5.32 Å². The predicted octanol–water partition coefficient (Wildman–Crippen LogP) is 5.34. The van der Waals surface area contributed by atoms with Gasteiger partial charge in [-0.3, -0.25) is 19.3 Å². The van der Waals surface area contributed by atoms with Gasteiger partial charge < -0.3 is 10.4 Å². The van der Waals surface area contributed by atoms with E-state index in [-0.39, 0.29) is 18.2 Å². The van der Waals surface area contributed by atoms with Gasteiger partial charge in [-0.25, -0.2) is 0 Å². The minimum absolute atomic E-state index is 0.124. The van der Waals surface area contributed by atoms with Gasteiger partial charge in [-0.05, 0) is 59.0 Å². The number of benzene rings is 3. The van der Waals surface area contributed by atoms with E-state index in [1.54, 1.807) is 6.92 Å². The molecule has 0 aromatic heterocycles. The van der Waals surface area contributed by atoms with Crippen LogP contribution in [0.2, 0.25) is 0 Å². The van der Waals surface area contributed by atoms with Crippen molar-refractivity contribution in [1.29, 1.82) is 0 Å². The first-order valence-corrected chi connectivity index (χ1v) is 12.8. The van der Waals surface area contributed by atoms with Crippen molar-refractivity contribution in [2.24, 2.45) is 0 Å². The van der Waals surface area contributed by atoms with Gasteiger partial charge in [0.1, 0.15) is 10.4 Å². The Kier molecular flexibility index (Phi) is 7.83. The van der Waals surface area contributed by atoms with Crippen molar-refractivity contribution in [3.8, 4) is 0 Å². The highest BCUT2D eigenvalue weighted by Crippen LogP contribution is 2.37. The number of nitrogens with one attached hydrogen (secondary N) is 1. The van der Waals surface area contributed by atoms with Gasteiger partial charge in [0, 0.05) is 13.0 Å². The number of rotatable bonds is 9. The molecule has 1 atom stereocenters. The van der Waals surface area contributed by atoms with Crippen LogP contribution in [0.5, 0.6) is 0 Å². The number of fused-ring (bicyclic) bond motifs is 2. The Morgan fingerprint density at radius 2 is 1.69 bits per heavy atom. The number of unbranched alkanes of at least 4 members (excludes halogenated alkanes) is 2. The highest BCUT2D eigenvalue weighted by Gasteiger charge is 2.38. The van der Waals surface area contributed by atoms with Gasteiger partial charge in [0.25, 0.3) is 5.91 Å². The van der Waals surface area contributed by atoms with Crippen LogP contribution in [0.25, 0.3) is 27.6 Å². The Morgan fingerprint density at radius 1 is 1.06 bits per heavy atom. The number of carboxylic acid groups (broad SMARTS) is 1. The number of hydrogen-bond donors (Lipinski definition) is 2. The number of aliphatic carboxylic acids is 1. The molecule has 0 radical (unpaired) electrons. The number of amides is 2. The van der Waals surface area contributed by atoms with E-state index in [4.69, 9.17) is 17.3 Å². The summed E-state index contributed by atoms with van der Waals surface area (Å²) in [5, 5.41) is 15.8. The van der Waals surface area contributed by atoms with E-state index in [2.05, 4.69) is 23.5 Å². The molecule has 2 N–H and O–H groups in total. The first-order valence-electron chi connectivity index (χ1n) is 11.5. The lowest BCUT2D eigenvalue weighted by Gasteiger charge is -2.22. The Labute approximate surface area is 213 Å². The van der Waals surface area contributed by atoms with Crippen molar-refractivity contribution in [3.63, 3.8) is 0 Å². The lowest BCUT2D eigenvalue weighted by atomic mass is 9.96. The summed E-state index contributed by atoms with van der Waals surface area (Å²) in [6.07, 6.45) is 3.97. The third kappa shape index (κ3) is 5.55. The maximum atomic E-state index is 13.3. The first-order chi connectivity index (χ1) is 16.9. The zero-order valence-electron chi connectivity index (χ0n) is 19.3.